The van der Waals surface area contributed by atoms with Gasteiger partial charge >= 0.3 is 0 Å². The first-order chi connectivity index (χ1) is 3.83. The highest BCUT2D eigenvalue weighted by Gasteiger charge is 1.60. The van der Waals surface area contributed by atoms with Crippen LogP contribution in [0.3, 0.4) is 0 Å². The minimum atomic E-state index is 0.431. The average molecular weight is 139 g/mol. The first-order valence-corrected chi connectivity index (χ1v) is 2.98. The Bertz CT molecular complexity index is 39.4. The Hall–Kier alpha value is -0.240. The van der Waals surface area contributed by atoms with Crippen LogP contribution >= 0.6 is 11.6 Å². The van der Waals surface area contributed by atoms with E-state index in [1.807, 2.05) is 6.92 Å². The molecule has 0 bridgehead atoms. The zero-order chi connectivity index (χ0) is 6.83. The summed E-state index contributed by atoms with van der Waals surface area (Å²) in [4.78, 5) is 9.18. The monoisotopic (exact) mass is 138 g/mol. The Morgan fingerprint density at radius 2 is 2.00 bits per heavy atom. The van der Waals surface area contributed by atoms with Crippen LogP contribution in [0.25, 0.3) is 0 Å². The Morgan fingerprint density at radius 1 is 1.62 bits per heavy atom. The molecule has 0 N–H and O–H groups in total. The van der Waals surface area contributed by atoms with Gasteiger partial charge in [0.1, 0.15) is 0 Å². The lowest BCUT2D eigenvalue weighted by Crippen LogP contribution is -1.80. The molecule has 0 aromatic heterocycles. The van der Waals surface area contributed by atoms with E-state index in [1.54, 1.807) is 6.92 Å². The smallest absolute Gasteiger partial charge is 0.293 e. The van der Waals surface area contributed by atoms with Crippen molar-refractivity contribution in [2.45, 2.75) is 13.8 Å². The van der Waals surface area contributed by atoms with E-state index in [1.165, 1.54) is 0 Å². The minimum Gasteiger partial charge on any atom is -0.468 e. The quantitative estimate of drug-likeness (QED) is 0.426. The third kappa shape index (κ3) is 42.1. The van der Waals surface area contributed by atoms with Crippen molar-refractivity contribution in [3.05, 3.63) is 0 Å². The predicted octanol–water partition coefficient (Wildman–Crippen LogP) is 1.42. The highest BCUT2D eigenvalue weighted by Crippen LogP contribution is 1.59. The molecule has 0 fully saturated rings. The molecule has 0 unspecified atom stereocenters. The van der Waals surface area contributed by atoms with Gasteiger partial charge in [0.25, 0.3) is 6.47 Å². The van der Waals surface area contributed by atoms with E-state index < -0.39 is 0 Å². The lowest BCUT2D eigenvalue weighted by atomic mass is 10.9. The van der Waals surface area contributed by atoms with E-state index in [0.717, 1.165) is 5.88 Å². The number of hydrogen-bond acceptors (Lipinski definition) is 2. The summed E-state index contributed by atoms with van der Waals surface area (Å²) in [5.41, 5.74) is 0. The van der Waals surface area contributed by atoms with Crippen molar-refractivity contribution in [2.24, 2.45) is 0 Å². The summed E-state index contributed by atoms with van der Waals surface area (Å²) in [6, 6.07) is 0. The number of halogens is 1. The van der Waals surface area contributed by atoms with Crippen LogP contribution in [0.4, 0.5) is 0 Å². The third-order valence-corrected chi connectivity index (χ3v) is 0.235. The van der Waals surface area contributed by atoms with E-state index in [-0.39, 0.29) is 0 Å². The second-order valence-electron chi connectivity index (χ2n) is 0.819. The molecule has 8 heavy (non-hydrogen) atoms. The first kappa shape index (κ1) is 10.7. The van der Waals surface area contributed by atoms with Crippen molar-refractivity contribution in [1.29, 1.82) is 0 Å². The van der Waals surface area contributed by atoms with E-state index >= 15 is 0 Å². The lowest BCUT2D eigenvalue weighted by Gasteiger charge is -1.79. The second kappa shape index (κ2) is 15.9. The van der Waals surface area contributed by atoms with Gasteiger partial charge < -0.3 is 4.74 Å². The van der Waals surface area contributed by atoms with Gasteiger partial charge in [0.05, 0.1) is 6.61 Å². The summed E-state index contributed by atoms with van der Waals surface area (Å²) < 4.78 is 4.15. The maximum atomic E-state index is 9.18. The van der Waals surface area contributed by atoms with Gasteiger partial charge in [-0.25, -0.2) is 0 Å². The van der Waals surface area contributed by atoms with Gasteiger partial charge in [-0.1, -0.05) is 6.92 Å². The summed E-state index contributed by atoms with van der Waals surface area (Å²) in [5, 5.41) is 0. The molecule has 0 atom stereocenters. The van der Waals surface area contributed by atoms with E-state index in [0.29, 0.717) is 13.1 Å². The zero-order valence-corrected chi connectivity index (χ0v) is 5.94. The normalized spacial score (nSPS) is 6.38. The zero-order valence-electron chi connectivity index (χ0n) is 5.19. The third-order valence-electron chi connectivity index (χ3n) is 0.235. The maximum absolute atomic E-state index is 9.18. The molecule has 0 aromatic carbocycles. The Morgan fingerprint density at radius 3 is 2.00 bits per heavy atom. The average Bonchev–Trinajstić information content (AvgIpc) is 1.71. The highest BCUT2D eigenvalue weighted by atomic mass is 35.5. The fourth-order valence-electron chi connectivity index (χ4n) is 0.0680. The molecule has 50 valence electrons. The number of alkyl halides is 1. The summed E-state index contributed by atoms with van der Waals surface area (Å²) in [5.74, 6) is 0.722. The molecule has 0 saturated carbocycles. The molecule has 0 spiro atoms. The number of hydrogen-bond donors (Lipinski definition) is 0. The van der Waals surface area contributed by atoms with Crippen LogP contribution in [0.1, 0.15) is 13.8 Å². The van der Waals surface area contributed by atoms with Crippen LogP contribution < -0.4 is 0 Å². The number of rotatable bonds is 2. The van der Waals surface area contributed by atoms with E-state index in [4.69, 9.17) is 11.6 Å². The number of carbonyl (C=O) groups excluding carboxylic acids is 1. The molecule has 0 saturated heterocycles. The van der Waals surface area contributed by atoms with Crippen molar-refractivity contribution in [3.63, 3.8) is 0 Å². The van der Waals surface area contributed by atoms with Crippen LogP contribution in [0, 0.1) is 0 Å². The van der Waals surface area contributed by atoms with Gasteiger partial charge in [-0.05, 0) is 6.92 Å². The van der Waals surface area contributed by atoms with Crippen molar-refractivity contribution >= 4 is 18.1 Å². The SMILES string of the molecule is CCCl.CCOC=O. The molecule has 3 heteroatoms. The van der Waals surface area contributed by atoms with Crippen molar-refractivity contribution in [2.75, 3.05) is 12.5 Å². The summed E-state index contributed by atoms with van der Waals surface area (Å²) in [6.45, 7) is 4.56. The van der Waals surface area contributed by atoms with Gasteiger partial charge in [-0.15, -0.1) is 11.6 Å². The Labute approximate surface area is 54.8 Å². The number of ether oxygens (including phenoxy) is 1. The van der Waals surface area contributed by atoms with Gasteiger partial charge in [0.15, 0.2) is 0 Å². The lowest BCUT2D eigenvalue weighted by molar-refractivity contribution is -0.128. The van der Waals surface area contributed by atoms with Gasteiger partial charge in [-0.2, -0.15) is 0 Å². The number of carbonyl (C=O) groups is 1. The molecule has 0 aliphatic rings. The topological polar surface area (TPSA) is 26.3 Å². The Balaban J connectivity index is 0. The van der Waals surface area contributed by atoms with Crippen LogP contribution in [-0.2, 0) is 9.53 Å². The van der Waals surface area contributed by atoms with E-state index in [2.05, 4.69) is 4.74 Å². The van der Waals surface area contributed by atoms with E-state index in [9.17, 15) is 4.79 Å². The highest BCUT2D eigenvalue weighted by molar-refractivity contribution is 6.17. The van der Waals surface area contributed by atoms with Crippen LogP contribution in [0.15, 0.2) is 0 Å². The standard InChI is InChI=1S/C3H6O2.C2H5Cl/c1-2-5-3-4;1-2-3/h3H,2H2,1H3;2H2,1H3. The van der Waals surface area contributed by atoms with Gasteiger partial charge in [0.2, 0.25) is 0 Å². The van der Waals surface area contributed by atoms with Crippen molar-refractivity contribution in [3.8, 4) is 0 Å². The molecular formula is C5H11ClO2. The predicted molar refractivity (Wildman–Crippen MR) is 34.1 cm³/mol. The fraction of sp³-hybridized carbons (Fsp3) is 0.800. The Kier molecular flexibility index (Phi) is 21.2. The summed E-state index contributed by atoms with van der Waals surface area (Å²) in [6.07, 6.45) is 0. The summed E-state index contributed by atoms with van der Waals surface area (Å²) >= 11 is 5.00. The molecule has 0 heterocycles. The van der Waals surface area contributed by atoms with Gasteiger partial charge in [-0.3, -0.25) is 4.79 Å². The molecule has 0 aromatic rings. The van der Waals surface area contributed by atoms with Crippen molar-refractivity contribution in [1.82, 2.24) is 0 Å². The largest absolute Gasteiger partial charge is 0.468 e. The molecule has 2 nitrogen and oxygen atoms in total. The molecule has 0 aliphatic carbocycles. The minimum absolute atomic E-state index is 0.431. The van der Waals surface area contributed by atoms with Gasteiger partial charge in [0, 0.05) is 5.88 Å². The van der Waals surface area contributed by atoms with Crippen LogP contribution in [0.5, 0.6) is 0 Å². The van der Waals surface area contributed by atoms with Crippen molar-refractivity contribution < 1.29 is 9.53 Å². The fourth-order valence-corrected chi connectivity index (χ4v) is 0.0680. The first-order valence-electron chi connectivity index (χ1n) is 2.44. The molecule has 0 radical (unpaired) electrons. The molecular weight excluding hydrogens is 128 g/mol. The summed E-state index contributed by atoms with van der Waals surface area (Å²) in [7, 11) is 0. The molecule has 0 aliphatic heterocycles. The maximum Gasteiger partial charge on any atom is 0.293 e. The van der Waals surface area contributed by atoms with Crippen LogP contribution in [-0.4, -0.2) is 19.0 Å². The second-order valence-corrected chi connectivity index (χ2v) is 1.35. The van der Waals surface area contributed by atoms with Crippen LogP contribution in [0.2, 0.25) is 0 Å². The molecule has 0 rings (SSSR count). The molecule has 0 amide bonds.